The fourth-order valence-corrected chi connectivity index (χ4v) is 1.32. The summed E-state index contributed by atoms with van der Waals surface area (Å²) in [4.78, 5) is 0. The van der Waals surface area contributed by atoms with Crippen LogP contribution in [0.25, 0.3) is 0 Å². The number of rotatable bonds is 6. The Hall–Kier alpha value is -1.28. The summed E-state index contributed by atoms with van der Waals surface area (Å²) in [6, 6.07) is 8.56. The molecule has 0 heterocycles. The summed E-state index contributed by atoms with van der Waals surface area (Å²) in [7, 11) is 1.68. The predicted octanol–water partition coefficient (Wildman–Crippen LogP) is 2.40. The molecule has 0 aromatic heterocycles. The summed E-state index contributed by atoms with van der Waals surface area (Å²) in [5, 5.41) is 3.36. The van der Waals surface area contributed by atoms with Crippen LogP contribution >= 0.6 is 0 Å². The molecule has 1 aromatic carbocycles. The van der Waals surface area contributed by atoms with Gasteiger partial charge in [0.2, 0.25) is 0 Å². The zero-order valence-electron chi connectivity index (χ0n) is 9.49. The van der Waals surface area contributed by atoms with Crippen molar-refractivity contribution in [2.45, 2.75) is 19.4 Å². The minimum Gasteiger partial charge on any atom is -0.497 e. The number of hydrogen-bond donors (Lipinski definition) is 1. The lowest BCUT2D eigenvalue weighted by molar-refractivity contribution is 0.414. The molecule has 0 saturated heterocycles. The van der Waals surface area contributed by atoms with Gasteiger partial charge in [-0.1, -0.05) is 18.2 Å². The number of benzene rings is 1. The van der Waals surface area contributed by atoms with Crippen molar-refractivity contribution in [1.82, 2.24) is 5.32 Å². The summed E-state index contributed by atoms with van der Waals surface area (Å²) < 4.78 is 5.10. The molecule has 1 unspecified atom stereocenters. The van der Waals surface area contributed by atoms with Crippen LogP contribution in [0.1, 0.15) is 12.5 Å². The third-order valence-electron chi connectivity index (χ3n) is 2.39. The molecule has 0 radical (unpaired) electrons. The van der Waals surface area contributed by atoms with Gasteiger partial charge in [0.1, 0.15) is 5.75 Å². The van der Waals surface area contributed by atoms with Gasteiger partial charge in [0.15, 0.2) is 0 Å². The first kappa shape index (κ1) is 11.8. The molecular weight excluding hydrogens is 186 g/mol. The summed E-state index contributed by atoms with van der Waals surface area (Å²) >= 11 is 0. The molecule has 0 spiro atoms. The van der Waals surface area contributed by atoms with Gasteiger partial charge in [-0.15, -0.1) is 6.58 Å². The molecule has 0 saturated carbocycles. The van der Waals surface area contributed by atoms with Crippen LogP contribution < -0.4 is 10.1 Å². The van der Waals surface area contributed by atoms with E-state index in [9.17, 15) is 0 Å². The number of methoxy groups -OCH3 is 1. The van der Waals surface area contributed by atoms with Crippen molar-refractivity contribution in [3.63, 3.8) is 0 Å². The molecule has 2 nitrogen and oxygen atoms in total. The van der Waals surface area contributed by atoms with Gasteiger partial charge in [0.25, 0.3) is 0 Å². The molecule has 0 aliphatic rings. The lowest BCUT2D eigenvalue weighted by Gasteiger charge is -2.08. The van der Waals surface area contributed by atoms with Gasteiger partial charge in [-0.25, -0.2) is 0 Å². The monoisotopic (exact) mass is 205 g/mol. The van der Waals surface area contributed by atoms with E-state index in [-0.39, 0.29) is 0 Å². The van der Waals surface area contributed by atoms with Crippen molar-refractivity contribution in [2.75, 3.05) is 13.7 Å². The lowest BCUT2D eigenvalue weighted by atomic mass is 10.1. The quantitative estimate of drug-likeness (QED) is 0.720. The van der Waals surface area contributed by atoms with Gasteiger partial charge in [-0.3, -0.25) is 0 Å². The second kappa shape index (κ2) is 6.25. The Bertz CT molecular complexity index is 292. The minimum absolute atomic E-state index is 0.378. The summed E-state index contributed by atoms with van der Waals surface area (Å²) in [6.45, 7) is 6.80. The third kappa shape index (κ3) is 4.17. The van der Waals surface area contributed by atoms with Crippen LogP contribution in [-0.2, 0) is 6.42 Å². The second-order valence-corrected chi connectivity index (χ2v) is 3.58. The first-order chi connectivity index (χ1) is 7.26. The largest absolute Gasteiger partial charge is 0.497 e. The van der Waals surface area contributed by atoms with E-state index < -0.39 is 0 Å². The van der Waals surface area contributed by atoms with Gasteiger partial charge in [0, 0.05) is 6.04 Å². The first-order valence-corrected chi connectivity index (χ1v) is 5.25. The summed E-state index contributed by atoms with van der Waals surface area (Å²) in [5.41, 5.74) is 1.32. The van der Waals surface area contributed by atoms with E-state index >= 15 is 0 Å². The highest BCUT2D eigenvalue weighted by Gasteiger charge is 1.96. The number of hydrogen-bond acceptors (Lipinski definition) is 2. The van der Waals surface area contributed by atoms with Gasteiger partial charge in [-0.2, -0.15) is 0 Å². The van der Waals surface area contributed by atoms with Crippen molar-refractivity contribution >= 4 is 0 Å². The van der Waals surface area contributed by atoms with Gasteiger partial charge < -0.3 is 10.1 Å². The molecule has 1 rings (SSSR count). The molecule has 1 aromatic rings. The smallest absolute Gasteiger partial charge is 0.118 e. The molecule has 15 heavy (non-hydrogen) atoms. The maximum atomic E-state index is 5.10. The number of nitrogens with one attached hydrogen (secondary N) is 1. The van der Waals surface area contributed by atoms with Crippen LogP contribution in [0.15, 0.2) is 36.9 Å². The van der Waals surface area contributed by atoms with Gasteiger partial charge >= 0.3 is 0 Å². The first-order valence-electron chi connectivity index (χ1n) is 5.25. The zero-order valence-corrected chi connectivity index (χ0v) is 9.49. The van der Waals surface area contributed by atoms with Crippen LogP contribution in [0.4, 0.5) is 0 Å². The summed E-state index contributed by atoms with van der Waals surface area (Å²) in [6.07, 6.45) is 2.94. The molecule has 0 bridgehead atoms. The van der Waals surface area contributed by atoms with Crippen LogP contribution in [0, 0.1) is 0 Å². The molecule has 2 heteroatoms. The van der Waals surface area contributed by atoms with Gasteiger partial charge in [-0.05, 0) is 37.6 Å². The minimum atomic E-state index is 0.378. The fraction of sp³-hybridized carbons (Fsp3) is 0.385. The Morgan fingerprint density at radius 2 is 2.07 bits per heavy atom. The highest BCUT2D eigenvalue weighted by Crippen LogP contribution is 2.11. The highest BCUT2D eigenvalue weighted by atomic mass is 16.5. The molecular formula is C13H19NO. The average Bonchev–Trinajstić information content (AvgIpc) is 2.29. The van der Waals surface area contributed by atoms with Crippen LogP contribution in [-0.4, -0.2) is 19.7 Å². The van der Waals surface area contributed by atoms with Crippen LogP contribution in [0.5, 0.6) is 5.75 Å². The van der Waals surface area contributed by atoms with Crippen molar-refractivity contribution in [1.29, 1.82) is 0 Å². The Labute approximate surface area is 92.0 Å². The van der Waals surface area contributed by atoms with E-state index in [0.29, 0.717) is 6.04 Å². The third-order valence-corrected chi connectivity index (χ3v) is 2.39. The molecule has 0 fully saturated rings. The Morgan fingerprint density at radius 1 is 1.40 bits per heavy atom. The van der Waals surface area contributed by atoms with Crippen molar-refractivity contribution in [2.24, 2.45) is 0 Å². The van der Waals surface area contributed by atoms with Gasteiger partial charge in [0.05, 0.1) is 7.11 Å². The highest BCUT2D eigenvalue weighted by molar-refractivity contribution is 5.27. The Balaban J connectivity index is 2.34. The van der Waals surface area contributed by atoms with E-state index in [4.69, 9.17) is 4.74 Å². The standard InChI is InChI=1S/C13H19NO/c1-4-11(2)14-10-9-12-5-7-13(15-3)8-6-12/h4-8,11,14H,1,9-10H2,2-3H3. The Morgan fingerprint density at radius 3 is 2.60 bits per heavy atom. The van der Waals surface area contributed by atoms with Crippen molar-refractivity contribution < 1.29 is 4.74 Å². The fourth-order valence-electron chi connectivity index (χ4n) is 1.32. The predicted molar refractivity (Wildman–Crippen MR) is 64.4 cm³/mol. The summed E-state index contributed by atoms with van der Waals surface area (Å²) in [5.74, 6) is 0.908. The van der Waals surface area contributed by atoms with Crippen LogP contribution in [0.3, 0.4) is 0 Å². The lowest BCUT2D eigenvalue weighted by Crippen LogP contribution is -2.25. The molecule has 0 aliphatic heterocycles. The SMILES string of the molecule is C=CC(C)NCCc1ccc(OC)cc1. The van der Waals surface area contributed by atoms with Crippen molar-refractivity contribution in [3.05, 3.63) is 42.5 Å². The molecule has 0 amide bonds. The van der Waals surface area contributed by atoms with Crippen LogP contribution in [0.2, 0.25) is 0 Å². The van der Waals surface area contributed by atoms with E-state index in [1.165, 1.54) is 5.56 Å². The maximum Gasteiger partial charge on any atom is 0.118 e. The van der Waals surface area contributed by atoms with E-state index in [2.05, 4.69) is 31.0 Å². The molecule has 1 atom stereocenters. The topological polar surface area (TPSA) is 21.3 Å². The zero-order chi connectivity index (χ0) is 11.1. The van der Waals surface area contributed by atoms with E-state index in [1.54, 1.807) is 7.11 Å². The second-order valence-electron chi connectivity index (χ2n) is 3.58. The van der Waals surface area contributed by atoms with E-state index in [1.807, 2.05) is 18.2 Å². The van der Waals surface area contributed by atoms with E-state index in [0.717, 1.165) is 18.7 Å². The molecule has 82 valence electrons. The number of ether oxygens (including phenoxy) is 1. The molecule has 0 aliphatic carbocycles. The molecule has 1 N–H and O–H groups in total. The average molecular weight is 205 g/mol. The Kier molecular flexibility index (Phi) is 4.91. The normalized spacial score (nSPS) is 12.1. The van der Waals surface area contributed by atoms with Crippen molar-refractivity contribution in [3.8, 4) is 5.75 Å². The maximum absolute atomic E-state index is 5.10.